The Labute approximate surface area is 272 Å². The van der Waals surface area contributed by atoms with E-state index < -0.39 is 123 Å². The van der Waals surface area contributed by atoms with Crippen molar-refractivity contribution in [3.8, 4) is 0 Å². The van der Waals surface area contributed by atoms with Gasteiger partial charge in [0.25, 0.3) is 0 Å². The minimum atomic E-state index is -2.32. The van der Waals surface area contributed by atoms with Crippen LogP contribution in [0.15, 0.2) is 0 Å². The Kier molecular flexibility index (Phi) is 15.1. The lowest BCUT2D eigenvalue weighted by Gasteiger charge is -2.58. The van der Waals surface area contributed by atoms with Crippen molar-refractivity contribution < 1.29 is 79.5 Å². The summed E-state index contributed by atoms with van der Waals surface area (Å²) in [5.41, 5.74) is 13.7. The molecule has 0 amide bonds. The molecule has 278 valence electrons. The van der Waals surface area contributed by atoms with E-state index in [1.54, 1.807) is 13.8 Å². The first-order valence-electron chi connectivity index (χ1n) is 15.9. The topological polar surface area (TPSA) is 336 Å². The largest absolute Gasteiger partial charge is 0.394 e. The van der Waals surface area contributed by atoms with Crippen molar-refractivity contribution in [3.63, 3.8) is 0 Å². The monoisotopic (exact) mass is 689 g/mol. The maximum atomic E-state index is 11.8. The van der Waals surface area contributed by atoms with Crippen LogP contribution in [0.5, 0.6) is 0 Å². The lowest BCUT2D eigenvalue weighted by Crippen LogP contribution is -2.79. The SMILES string of the molecule is CCC(O)COCCC[C@]1(O)[C@H](O)[C@@H](N)[C@@H](OC2[C@@H](CO)O[C@@H](OC3[C@@H](CO)O[C@@H](O)[C@H](N)[C@H]3O)[C@H](N)[C@H]2O)O[C@]1(CO)C(O)CC. The van der Waals surface area contributed by atoms with Crippen molar-refractivity contribution >= 4 is 0 Å². The van der Waals surface area contributed by atoms with Crippen molar-refractivity contribution in [2.24, 2.45) is 17.2 Å². The van der Waals surface area contributed by atoms with Crippen LogP contribution >= 0.6 is 0 Å². The second-order valence-electron chi connectivity index (χ2n) is 12.5. The highest BCUT2D eigenvalue weighted by molar-refractivity contribution is 5.15. The lowest BCUT2D eigenvalue weighted by atomic mass is 9.68. The summed E-state index contributed by atoms with van der Waals surface area (Å²) >= 11 is 0. The Bertz CT molecular complexity index is 942. The molecule has 0 spiro atoms. The molecular weight excluding hydrogens is 634 g/mol. The van der Waals surface area contributed by atoms with E-state index in [1.807, 2.05) is 0 Å². The molecule has 19 nitrogen and oxygen atoms in total. The van der Waals surface area contributed by atoms with Crippen LogP contribution in [-0.2, 0) is 28.4 Å². The summed E-state index contributed by atoms with van der Waals surface area (Å²) in [5.74, 6) is 0. The lowest BCUT2D eigenvalue weighted by molar-refractivity contribution is -0.390. The number of ether oxygens (including phenoxy) is 6. The van der Waals surface area contributed by atoms with E-state index in [-0.39, 0.29) is 32.5 Å². The van der Waals surface area contributed by atoms with Crippen molar-refractivity contribution in [1.29, 1.82) is 0 Å². The zero-order valence-electron chi connectivity index (χ0n) is 26.7. The molecular formula is C28H55N3O16. The third-order valence-electron chi connectivity index (χ3n) is 9.42. The average molecular weight is 690 g/mol. The zero-order chi connectivity index (χ0) is 35.3. The first-order chi connectivity index (χ1) is 22.2. The van der Waals surface area contributed by atoms with Gasteiger partial charge in [0.1, 0.15) is 48.3 Å². The van der Waals surface area contributed by atoms with Gasteiger partial charge in [-0.25, -0.2) is 0 Å². The number of aliphatic hydroxyl groups is 10. The van der Waals surface area contributed by atoms with Gasteiger partial charge in [-0.05, 0) is 25.7 Å². The highest BCUT2D eigenvalue weighted by atomic mass is 16.7. The molecule has 0 radical (unpaired) electrons. The molecule has 0 aliphatic carbocycles. The van der Waals surface area contributed by atoms with E-state index >= 15 is 0 Å². The van der Waals surface area contributed by atoms with E-state index in [0.29, 0.717) is 6.42 Å². The van der Waals surface area contributed by atoms with Gasteiger partial charge in [0.05, 0.1) is 56.8 Å². The molecule has 3 saturated heterocycles. The molecule has 0 aromatic heterocycles. The fourth-order valence-electron chi connectivity index (χ4n) is 6.30. The Morgan fingerprint density at radius 2 is 1.36 bits per heavy atom. The van der Waals surface area contributed by atoms with Gasteiger partial charge in [0.15, 0.2) is 24.5 Å². The molecule has 3 heterocycles. The Morgan fingerprint density at radius 3 is 1.91 bits per heavy atom. The van der Waals surface area contributed by atoms with Gasteiger partial charge in [-0.3, -0.25) is 0 Å². The number of hydrogen-bond acceptors (Lipinski definition) is 19. The third kappa shape index (κ3) is 8.25. The molecule has 19 heteroatoms. The van der Waals surface area contributed by atoms with Crippen LogP contribution in [0.4, 0.5) is 0 Å². The maximum absolute atomic E-state index is 11.8. The molecule has 3 fully saturated rings. The van der Waals surface area contributed by atoms with Crippen molar-refractivity contribution in [2.75, 3.05) is 33.0 Å². The predicted octanol–water partition coefficient (Wildman–Crippen LogP) is -6.59. The second-order valence-corrected chi connectivity index (χ2v) is 12.5. The summed E-state index contributed by atoms with van der Waals surface area (Å²) in [7, 11) is 0. The summed E-state index contributed by atoms with van der Waals surface area (Å²) in [6.45, 7) is 0.974. The van der Waals surface area contributed by atoms with Gasteiger partial charge in [0.2, 0.25) is 0 Å². The molecule has 0 aromatic rings. The Morgan fingerprint density at radius 1 is 0.787 bits per heavy atom. The van der Waals surface area contributed by atoms with Gasteiger partial charge in [0, 0.05) is 6.61 Å². The molecule has 17 atom stereocenters. The van der Waals surface area contributed by atoms with Crippen LogP contribution < -0.4 is 17.2 Å². The Balaban J connectivity index is 1.80. The van der Waals surface area contributed by atoms with Crippen LogP contribution in [0.25, 0.3) is 0 Å². The van der Waals surface area contributed by atoms with Crippen molar-refractivity contribution in [2.45, 2.75) is 143 Å². The predicted molar refractivity (Wildman–Crippen MR) is 158 cm³/mol. The van der Waals surface area contributed by atoms with Crippen LogP contribution in [0.2, 0.25) is 0 Å². The van der Waals surface area contributed by atoms with Gasteiger partial charge in [-0.1, -0.05) is 13.8 Å². The molecule has 0 bridgehead atoms. The molecule has 3 rings (SSSR count). The first-order valence-corrected chi connectivity index (χ1v) is 15.9. The normalized spacial score (nSPS) is 45.9. The molecule has 3 aliphatic rings. The molecule has 47 heavy (non-hydrogen) atoms. The summed E-state index contributed by atoms with van der Waals surface area (Å²) in [4.78, 5) is 0. The van der Waals surface area contributed by atoms with Gasteiger partial charge in [-0.2, -0.15) is 0 Å². The summed E-state index contributed by atoms with van der Waals surface area (Å²) in [6.07, 6.45) is -17.4. The quantitative estimate of drug-likeness (QED) is 0.0670. The van der Waals surface area contributed by atoms with Crippen LogP contribution in [0.3, 0.4) is 0 Å². The zero-order valence-corrected chi connectivity index (χ0v) is 26.7. The third-order valence-corrected chi connectivity index (χ3v) is 9.42. The van der Waals surface area contributed by atoms with Crippen molar-refractivity contribution in [3.05, 3.63) is 0 Å². The van der Waals surface area contributed by atoms with Gasteiger partial charge < -0.3 is 96.7 Å². The minimum absolute atomic E-state index is 0.0404. The highest BCUT2D eigenvalue weighted by Crippen LogP contribution is 2.44. The number of rotatable bonds is 16. The minimum Gasteiger partial charge on any atom is -0.394 e. The van der Waals surface area contributed by atoms with Crippen LogP contribution in [0.1, 0.15) is 39.5 Å². The fourth-order valence-corrected chi connectivity index (χ4v) is 6.30. The molecule has 0 saturated carbocycles. The second kappa shape index (κ2) is 17.4. The average Bonchev–Trinajstić information content (AvgIpc) is 3.07. The van der Waals surface area contributed by atoms with E-state index in [9.17, 15) is 51.1 Å². The molecule has 4 unspecified atom stereocenters. The van der Waals surface area contributed by atoms with E-state index in [4.69, 9.17) is 45.6 Å². The molecule has 0 aromatic carbocycles. The maximum Gasteiger partial charge on any atom is 0.176 e. The van der Waals surface area contributed by atoms with E-state index in [1.165, 1.54) is 0 Å². The van der Waals surface area contributed by atoms with E-state index in [0.717, 1.165) is 0 Å². The highest BCUT2D eigenvalue weighted by Gasteiger charge is 2.66. The van der Waals surface area contributed by atoms with Crippen molar-refractivity contribution in [1.82, 2.24) is 0 Å². The van der Waals surface area contributed by atoms with Gasteiger partial charge in [-0.15, -0.1) is 0 Å². The number of aliphatic hydroxyl groups excluding tert-OH is 9. The Hall–Kier alpha value is -0.760. The fraction of sp³-hybridized carbons (Fsp3) is 1.00. The summed E-state index contributed by atoms with van der Waals surface area (Å²) in [5, 5.41) is 106. The number of nitrogens with two attached hydrogens (primary N) is 3. The molecule has 3 aliphatic heterocycles. The number of hydrogen-bond donors (Lipinski definition) is 13. The van der Waals surface area contributed by atoms with Crippen LogP contribution in [0, 0.1) is 0 Å². The first kappa shape index (κ1) is 40.7. The smallest absolute Gasteiger partial charge is 0.176 e. The van der Waals surface area contributed by atoms with Crippen LogP contribution in [-0.4, -0.2) is 187 Å². The summed E-state index contributed by atoms with van der Waals surface area (Å²) in [6, 6.07) is -4.29. The van der Waals surface area contributed by atoms with E-state index in [2.05, 4.69) is 0 Å². The van der Waals surface area contributed by atoms with Gasteiger partial charge >= 0.3 is 0 Å². The summed E-state index contributed by atoms with van der Waals surface area (Å²) < 4.78 is 34.0. The molecule has 16 N–H and O–H groups in total. The standard InChI is InChI=1S/C28H55N3O16/c1-3-12(35)10-42-7-5-6-27(41)23(39)18(31)26(47-28(27,11-34)15(36)4-2)46-22-14(9-33)44-25(17(30)20(22)38)45-21-13(8-32)43-24(40)16(29)19(21)37/h12-26,32-41H,3-11,29-31H2,1-2H3/t12?,13-,14-,15?,16-,17-,18-,19-,20-,21?,22?,23-,24-,25+,26+,27+,28-/m1/s1.